The van der Waals surface area contributed by atoms with Crippen molar-refractivity contribution in [1.29, 1.82) is 0 Å². The van der Waals surface area contributed by atoms with Crippen LogP contribution >= 0.6 is 0 Å². The average molecular weight is 147 g/mol. The first-order valence-corrected chi connectivity index (χ1v) is 3.60. The number of nitrogens with two attached hydrogens (primary N) is 1. The Kier molecular flexibility index (Phi) is 1.02. The molecule has 1 fully saturated rings. The molecule has 2 nitrogen and oxygen atoms in total. The predicted octanol–water partition coefficient (Wildman–Crippen LogP) is 0.820. The van der Waals surface area contributed by atoms with E-state index in [4.69, 9.17) is 12.6 Å². The molecular formula is C8H18N2. The number of hydrogen-bond donors (Lipinski definition) is 1. The van der Waals surface area contributed by atoms with Gasteiger partial charge in [-0.3, -0.25) is 0 Å². The Morgan fingerprint density at radius 1 is 1.90 bits per heavy atom. The van der Waals surface area contributed by atoms with Gasteiger partial charge < -0.3 is 10.6 Å². The van der Waals surface area contributed by atoms with E-state index in [2.05, 4.69) is 0 Å². The molecule has 1 saturated heterocycles. The molecule has 2 N–H and O–H groups in total. The lowest BCUT2D eigenvalue weighted by Gasteiger charge is -2.37. The van der Waals surface area contributed by atoms with Crippen molar-refractivity contribution in [3.63, 3.8) is 0 Å². The summed E-state index contributed by atoms with van der Waals surface area (Å²) in [6.45, 7) is -2.33. The van der Waals surface area contributed by atoms with Crippen molar-refractivity contribution in [2.24, 2.45) is 5.73 Å². The number of likely N-dealkylation sites (tertiary alicyclic amines) is 1. The summed E-state index contributed by atoms with van der Waals surface area (Å²) in [7, 11) is 0. The lowest BCUT2D eigenvalue weighted by molar-refractivity contribution is 0.167. The van der Waals surface area contributed by atoms with Gasteiger partial charge in [-0.05, 0) is 32.8 Å². The highest BCUT2D eigenvalue weighted by Crippen LogP contribution is 2.16. The van der Waals surface area contributed by atoms with E-state index < -0.39 is 18.9 Å². The molecule has 0 spiro atoms. The first-order chi connectivity index (χ1) is 6.56. The minimum atomic E-state index is -2.62. The molecule has 0 amide bonds. The summed E-state index contributed by atoms with van der Waals surface area (Å²) in [6, 6.07) is 0. The Hall–Kier alpha value is -0.0800. The number of hydrogen-bond acceptors (Lipinski definition) is 2. The highest BCUT2D eigenvalue weighted by molar-refractivity contribution is 4.86. The van der Waals surface area contributed by atoms with Crippen molar-refractivity contribution in [3.05, 3.63) is 0 Å². The van der Waals surface area contributed by atoms with Crippen LogP contribution in [0.2, 0.25) is 0 Å². The van der Waals surface area contributed by atoms with Crippen LogP contribution in [0.3, 0.4) is 0 Å². The number of rotatable bonds is 1. The quantitative estimate of drug-likeness (QED) is 0.595. The highest BCUT2D eigenvalue weighted by atomic mass is 15.1. The first-order valence-electron chi connectivity index (χ1n) is 6.10. The molecule has 0 bridgehead atoms. The summed E-state index contributed by atoms with van der Waals surface area (Å²) < 4.78 is 36.8. The van der Waals surface area contributed by atoms with Crippen molar-refractivity contribution >= 4 is 0 Å². The molecule has 0 saturated carbocycles. The molecule has 0 radical (unpaired) electrons. The van der Waals surface area contributed by atoms with Gasteiger partial charge in [-0.2, -0.15) is 0 Å². The largest absolute Gasteiger partial charge is 0.324 e. The minimum absolute atomic E-state index is 0.290. The SMILES string of the molecule is [2H]C([2H])([2H])C([2H])([2H])N1CCC[C@@](C)(N)C1. The van der Waals surface area contributed by atoms with E-state index in [1.807, 2.05) is 6.92 Å². The van der Waals surface area contributed by atoms with Crippen LogP contribution in [-0.2, 0) is 0 Å². The van der Waals surface area contributed by atoms with Gasteiger partial charge in [-0.1, -0.05) is 6.85 Å². The van der Waals surface area contributed by atoms with E-state index >= 15 is 0 Å². The van der Waals surface area contributed by atoms with Gasteiger partial charge in [0, 0.05) is 18.9 Å². The van der Waals surface area contributed by atoms with E-state index in [1.165, 1.54) is 4.90 Å². The van der Waals surface area contributed by atoms with Gasteiger partial charge in [0.2, 0.25) is 0 Å². The normalized spacial score (nSPS) is 46.4. The third kappa shape index (κ3) is 1.96. The smallest absolute Gasteiger partial charge is 0.0428 e. The fourth-order valence-electron chi connectivity index (χ4n) is 1.36. The van der Waals surface area contributed by atoms with Gasteiger partial charge >= 0.3 is 0 Å². The molecule has 0 aliphatic carbocycles. The predicted molar refractivity (Wildman–Crippen MR) is 43.9 cm³/mol. The van der Waals surface area contributed by atoms with Crippen molar-refractivity contribution in [1.82, 2.24) is 4.90 Å². The zero-order valence-electron chi connectivity index (χ0n) is 11.4. The van der Waals surface area contributed by atoms with Gasteiger partial charge in [-0.15, -0.1) is 0 Å². The van der Waals surface area contributed by atoms with Crippen molar-refractivity contribution < 1.29 is 6.85 Å². The van der Waals surface area contributed by atoms with Crippen LogP contribution in [-0.4, -0.2) is 30.0 Å². The molecule has 2 heteroatoms. The van der Waals surface area contributed by atoms with Gasteiger partial charge in [0.25, 0.3) is 0 Å². The molecule has 1 aliphatic heterocycles. The second-order valence-electron chi connectivity index (χ2n) is 3.29. The molecule has 0 aromatic rings. The topological polar surface area (TPSA) is 29.3 Å². The zero-order chi connectivity index (χ0) is 11.9. The van der Waals surface area contributed by atoms with Gasteiger partial charge in [0.1, 0.15) is 0 Å². The number of piperidine rings is 1. The molecule has 0 aromatic heterocycles. The van der Waals surface area contributed by atoms with Crippen LogP contribution < -0.4 is 5.73 Å². The summed E-state index contributed by atoms with van der Waals surface area (Å²) in [5.74, 6) is 0. The molecule has 60 valence electrons. The first kappa shape index (κ1) is 3.55. The van der Waals surface area contributed by atoms with Crippen LogP contribution in [0.1, 0.15) is 33.5 Å². The highest BCUT2D eigenvalue weighted by Gasteiger charge is 2.25. The zero-order valence-corrected chi connectivity index (χ0v) is 6.35. The summed E-state index contributed by atoms with van der Waals surface area (Å²) in [6.07, 6.45) is 1.54. The lowest BCUT2D eigenvalue weighted by atomic mass is 9.92. The molecule has 1 heterocycles. The monoisotopic (exact) mass is 147 g/mol. The molecular weight excluding hydrogens is 124 g/mol. The molecule has 0 unspecified atom stereocenters. The second kappa shape index (κ2) is 2.89. The maximum Gasteiger partial charge on any atom is 0.0428 e. The van der Waals surface area contributed by atoms with Crippen LogP contribution in [0, 0.1) is 0 Å². The Bertz CT molecular complexity index is 236. The van der Waals surface area contributed by atoms with Gasteiger partial charge in [0.05, 0.1) is 0 Å². The molecule has 1 aliphatic rings. The lowest BCUT2D eigenvalue weighted by Crippen LogP contribution is -2.51. The maximum absolute atomic E-state index is 7.62. The van der Waals surface area contributed by atoms with Crippen LogP contribution in [0.4, 0.5) is 0 Å². The maximum atomic E-state index is 7.62. The molecule has 10 heavy (non-hydrogen) atoms. The minimum Gasteiger partial charge on any atom is -0.324 e. The van der Waals surface area contributed by atoms with E-state index in [9.17, 15) is 0 Å². The second-order valence-corrected chi connectivity index (χ2v) is 3.29. The number of nitrogens with zero attached hydrogens (tertiary/aromatic N) is 1. The Balaban J connectivity index is 2.80. The third-order valence-corrected chi connectivity index (χ3v) is 1.89. The summed E-state index contributed by atoms with van der Waals surface area (Å²) in [4.78, 5) is 1.34. The van der Waals surface area contributed by atoms with Gasteiger partial charge in [0.15, 0.2) is 0 Å². The average Bonchev–Trinajstić information content (AvgIpc) is 2.00. The fraction of sp³-hybridized carbons (Fsp3) is 1.00. The van der Waals surface area contributed by atoms with Crippen LogP contribution in [0.25, 0.3) is 0 Å². The van der Waals surface area contributed by atoms with Crippen LogP contribution in [0.15, 0.2) is 0 Å². The van der Waals surface area contributed by atoms with Crippen molar-refractivity contribution in [2.75, 3.05) is 19.6 Å². The third-order valence-electron chi connectivity index (χ3n) is 1.89. The Morgan fingerprint density at radius 2 is 2.70 bits per heavy atom. The Morgan fingerprint density at radius 3 is 3.30 bits per heavy atom. The van der Waals surface area contributed by atoms with E-state index in [0.717, 1.165) is 12.8 Å². The summed E-state index contributed by atoms with van der Waals surface area (Å²) >= 11 is 0. The standard InChI is InChI=1S/C8H18N2/c1-3-10-6-4-5-8(2,9)7-10/h3-7,9H2,1-2H3/t8-/m1/s1/i1D3,3D2. The summed E-state index contributed by atoms with van der Waals surface area (Å²) in [5.41, 5.74) is 5.43. The fourth-order valence-corrected chi connectivity index (χ4v) is 1.36. The number of likely N-dealkylation sites (N-methyl/N-ethyl adjacent to an activating group) is 1. The van der Waals surface area contributed by atoms with E-state index in [1.54, 1.807) is 0 Å². The molecule has 1 rings (SSSR count). The van der Waals surface area contributed by atoms with Crippen molar-refractivity contribution in [2.45, 2.75) is 32.2 Å². The summed E-state index contributed by atoms with van der Waals surface area (Å²) in [5, 5.41) is 0. The van der Waals surface area contributed by atoms with Gasteiger partial charge in [-0.25, -0.2) is 0 Å². The molecule has 0 aromatic carbocycles. The van der Waals surface area contributed by atoms with Crippen molar-refractivity contribution in [3.8, 4) is 0 Å². The van der Waals surface area contributed by atoms with E-state index in [-0.39, 0.29) is 0 Å². The molecule has 1 atom stereocenters. The van der Waals surface area contributed by atoms with Crippen LogP contribution in [0.5, 0.6) is 0 Å². The van der Waals surface area contributed by atoms with E-state index in [0.29, 0.717) is 13.1 Å². The Labute approximate surface area is 70.4 Å².